The van der Waals surface area contributed by atoms with Crippen molar-refractivity contribution in [2.24, 2.45) is 0 Å². The number of rotatable bonds is 3. The second kappa shape index (κ2) is 9.76. The molecule has 1 fully saturated rings. The Kier molecular flexibility index (Phi) is 6.54. The Hall–Kier alpha value is -3.29. The first kappa shape index (κ1) is 23.5. The van der Waals surface area contributed by atoms with Crippen LogP contribution in [0.15, 0.2) is 29.1 Å². The summed E-state index contributed by atoms with van der Waals surface area (Å²) in [6.45, 7) is 9.61. The van der Waals surface area contributed by atoms with Crippen LogP contribution in [-0.4, -0.2) is 56.5 Å². The Morgan fingerprint density at radius 3 is 2.46 bits per heavy atom. The van der Waals surface area contributed by atoms with Gasteiger partial charge in [0, 0.05) is 62.4 Å². The van der Waals surface area contributed by atoms with Crippen molar-refractivity contribution in [2.45, 2.75) is 65.3 Å². The molecule has 0 aliphatic carbocycles. The lowest BCUT2D eigenvalue weighted by atomic mass is 10.1. The zero-order valence-electron chi connectivity index (χ0n) is 21.0. The van der Waals surface area contributed by atoms with E-state index in [4.69, 9.17) is 9.97 Å². The molecule has 1 aromatic carbocycles. The highest BCUT2D eigenvalue weighted by Gasteiger charge is 2.24. The Labute approximate surface area is 206 Å². The molecule has 0 atom stereocenters. The zero-order chi connectivity index (χ0) is 24.5. The van der Waals surface area contributed by atoms with Crippen LogP contribution < -0.4 is 10.5 Å². The number of hydrogen-bond donors (Lipinski definition) is 0. The minimum Gasteiger partial charge on any atom is -0.353 e. The van der Waals surface area contributed by atoms with Gasteiger partial charge in [0.15, 0.2) is 0 Å². The summed E-state index contributed by atoms with van der Waals surface area (Å²) in [6.07, 6.45) is 5.19. The molecule has 2 aromatic heterocycles. The van der Waals surface area contributed by atoms with E-state index in [1.165, 1.54) is 6.42 Å². The standard InChI is InChI=1S/C27H34N6O2/c1-18(2)25-28-19(3)16-24(30-25)31-12-14-32(15-13-31)26(34)20-9-10-21-22(17-20)29-23-8-6-4-5-7-11-33(23)27(21)35/h9-10,16-18H,4-8,11-15H2,1-3H3. The van der Waals surface area contributed by atoms with Crippen LogP contribution in [0.5, 0.6) is 0 Å². The lowest BCUT2D eigenvalue weighted by Gasteiger charge is -2.35. The van der Waals surface area contributed by atoms with Crippen molar-refractivity contribution < 1.29 is 4.79 Å². The van der Waals surface area contributed by atoms with Gasteiger partial charge in [-0.15, -0.1) is 0 Å². The van der Waals surface area contributed by atoms with Crippen molar-refractivity contribution in [1.82, 2.24) is 24.4 Å². The van der Waals surface area contributed by atoms with Gasteiger partial charge in [0.1, 0.15) is 17.5 Å². The maximum Gasteiger partial charge on any atom is 0.261 e. The molecule has 2 aliphatic heterocycles. The number of amides is 1. The molecule has 8 nitrogen and oxygen atoms in total. The fourth-order valence-electron chi connectivity index (χ4n) is 5.04. The maximum absolute atomic E-state index is 13.3. The van der Waals surface area contributed by atoms with Crippen LogP contribution in [-0.2, 0) is 13.0 Å². The highest BCUT2D eigenvalue weighted by atomic mass is 16.2. The normalized spacial score (nSPS) is 16.8. The SMILES string of the molecule is Cc1cc(N2CCN(C(=O)c3ccc4c(=O)n5c(nc4c3)CCCCCC5)CC2)nc(C(C)C)n1. The summed E-state index contributed by atoms with van der Waals surface area (Å²) in [5.41, 5.74) is 2.20. The van der Waals surface area contributed by atoms with Crippen LogP contribution in [0, 0.1) is 6.92 Å². The van der Waals surface area contributed by atoms with E-state index in [2.05, 4.69) is 23.7 Å². The monoisotopic (exact) mass is 474 g/mol. The van der Waals surface area contributed by atoms with Crippen LogP contribution in [0.25, 0.3) is 10.9 Å². The quantitative estimate of drug-likeness (QED) is 0.576. The summed E-state index contributed by atoms with van der Waals surface area (Å²) >= 11 is 0. The molecule has 2 aliphatic rings. The molecular formula is C27H34N6O2. The van der Waals surface area contributed by atoms with Gasteiger partial charge in [0.2, 0.25) is 0 Å². The van der Waals surface area contributed by atoms with Crippen molar-refractivity contribution in [3.63, 3.8) is 0 Å². The highest BCUT2D eigenvalue weighted by molar-refractivity contribution is 5.97. The molecule has 0 bridgehead atoms. The molecule has 184 valence electrons. The van der Waals surface area contributed by atoms with Gasteiger partial charge in [-0.05, 0) is 38.0 Å². The summed E-state index contributed by atoms with van der Waals surface area (Å²) in [5.74, 6) is 2.89. The lowest BCUT2D eigenvalue weighted by molar-refractivity contribution is 0.0746. The molecule has 3 aromatic rings. The third-order valence-corrected chi connectivity index (χ3v) is 7.08. The number of hydrogen-bond acceptors (Lipinski definition) is 6. The van der Waals surface area contributed by atoms with Gasteiger partial charge >= 0.3 is 0 Å². The topological polar surface area (TPSA) is 84.2 Å². The van der Waals surface area contributed by atoms with E-state index in [9.17, 15) is 9.59 Å². The largest absolute Gasteiger partial charge is 0.353 e. The first-order valence-corrected chi connectivity index (χ1v) is 12.8. The molecular weight excluding hydrogens is 440 g/mol. The van der Waals surface area contributed by atoms with Crippen molar-refractivity contribution in [3.05, 3.63) is 57.5 Å². The number of fused-ring (bicyclic) bond motifs is 2. The molecule has 4 heterocycles. The average Bonchev–Trinajstić information content (AvgIpc) is 2.84. The molecule has 0 unspecified atom stereocenters. The summed E-state index contributed by atoms with van der Waals surface area (Å²) in [6, 6.07) is 7.37. The second-order valence-electron chi connectivity index (χ2n) is 10.0. The van der Waals surface area contributed by atoms with E-state index in [0.717, 1.165) is 68.5 Å². The van der Waals surface area contributed by atoms with Crippen LogP contribution in [0.3, 0.4) is 0 Å². The number of nitrogens with zero attached hydrogens (tertiary/aromatic N) is 6. The number of aryl methyl sites for hydroxylation is 2. The van der Waals surface area contributed by atoms with E-state index in [0.29, 0.717) is 29.6 Å². The van der Waals surface area contributed by atoms with Crippen molar-refractivity contribution in [1.29, 1.82) is 0 Å². The maximum atomic E-state index is 13.3. The van der Waals surface area contributed by atoms with Crippen molar-refractivity contribution in [2.75, 3.05) is 31.1 Å². The second-order valence-corrected chi connectivity index (χ2v) is 10.0. The minimum atomic E-state index is -0.0121. The summed E-state index contributed by atoms with van der Waals surface area (Å²) in [4.78, 5) is 44.6. The van der Waals surface area contributed by atoms with E-state index in [1.54, 1.807) is 18.2 Å². The number of piperazine rings is 1. The smallest absolute Gasteiger partial charge is 0.261 e. The van der Waals surface area contributed by atoms with E-state index >= 15 is 0 Å². The predicted octanol–water partition coefficient (Wildman–Crippen LogP) is 3.70. The molecule has 0 radical (unpaired) electrons. The first-order chi connectivity index (χ1) is 16.9. The molecule has 0 spiro atoms. The van der Waals surface area contributed by atoms with Gasteiger partial charge in [-0.2, -0.15) is 0 Å². The zero-order valence-corrected chi connectivity index (χ0v) is 21.0. The summed E-state index contributed by atoms with van der Waals surface area (Å²) in [7, 11) is 0. The Balaban J connectivity index is 1.34. The van der Waals surface area contributed by atoms with Gasteiger partial charge in [0.25, 0.3) is 11.5 Å². The molecule has 8 heteroatoms. The van der Waals surface area contributed by atoms with Crippen LogP contribution in [0.4, 0.5) is 5.82 Å². The molecule has 1 amide bonds. The Morgan fingerprint density at radius 2 is 1.69 bits per heavy atom. The van der Waals surface area contributed by atoms with Crippen molar-refractivity contribution in [3.8, 4) is 0 Å². The fraction of sp³-hybridized carbons (Fsp3) is 0.519. The van der Waals surface area contributed by atoms with E-state index < -0.39 is 0 Å². The molecule has 5 rings (SSSR count). The van der Waals surface area contributed by atoms with Gasteiger partial charge in [-0.3, -0.25) is 14.2 Å². The van der Waals surface area contributed by atoms with Crippen LogP contribution in [0.2, 0.25) is 0 Å². The van der Waals surface area contributed by atoms with Crippen molar-refractivity contribution >= 4 is 22.6 Å². The van der Waals surface area contributed by atoms with Gasteiger partial charge < -0.3 is 9.80 Å². The first-order valence-electron chi connectivity index (χ1n) is 12.8. The molecule has 1 saturated heterocycles. The van der Waals surface area contributed by atoms with Crippen LogP contribution >= 0.6 is 0 Å². The number of carbonyl (C=O) groups excluding carboxylic acids is 1. The third-order valence-electron chi connectivity index (χ3n) is 7.08. The lowest BCUT2D eigenvalue weighted by Crippen LogP contribution is -2.49. The fourth-order valence-corrected chi connectivity index (χ4v) is 5.04. The highest BCUT2D eigenvalue weighted by Crippen LogP contribution is 2.21. The summed E-state index contributed by atoms with van der Waals surface area (Å²) < 4.78 is 1.84. The average molecular weight is 475 g/mol. The number of anilines is 1. The predicted molar refractivity (Wildman–Crippen MR) is 137 cm³/mol. The Morgan fingerprint density at radius 1 is 0.914 bits per heavy atom. The summed E-state index contributed by atoms with van der Waals surface area (Å²) in [5, 5.41) is 0.593. The number of aromatic nitrogens is 4. The number of benzene rings is 1. The third kappa shape index (κ3) is 4.79. The van der Waals surface area contributed by atoms with Gasteiger partial charge in [-0.1, -0.05) is 26.7 Å². The molecule has 0 saturated carbocycles. The minimum absolute atomic E-state index is 0.0121. The van der Waals surface area contributed by atoms with Crippen LogP contribution in [0.1, 0.15) is 73.1 Å². The molecule has 35 heavy (non-hydrogen) atoms. The number of carbonyl (C=O) groups is 1. The van der Waals surface area contributed by atoms with E-state index in [1.807, 2.05) is 22.5 Å². The molecule has 0 N–H and O–H groups in total. The van der Waals surface area contributed by atoms with E-state index in [-0.39, 0.29) is 17.4 Å². The Bertz CT molecular complexity index is 1310. The van der Waals surface area contributed by atoms with Gasteiger partial charge in [0.05, 0.1) is 10.9 Å². The van der Waals surface area contributed by atoms with Gasteiger partial charge in [-0.25, -0.2) is 15.0 Å².